The number of rotatable bonds is 8. The van der Waals surface area contributed by atoms with E-state index in [2.05, 4.69) is 20.6 Å². The number of hydrogen-bond acceptors (Lipinski definition) is 8. The SMILES string of the molecule is COc1ccc(-c2csc(N3N=C(c4ccccc4)/C(=N/Nc4ccc(Oc5ccccc5)cc4)C3=O)n2)cc1. The van der Waals surface area contributed by atoms with Gasteiger partial charge in [0, 0.05) is 16.5 Å². The number of aromatic nitrogens is 1. The molecule has 6 rings (SSSR count). The molecular weight excluding hydrogens is 522 g/mol. The second-order valence-electron chi connectivity index (χ2n) is 8.69. The third-order valence-electron chi connectivity index (χ3n) is 6.06. The highest BCUT2D eigenvalue weighted by molar-refractivity contribution is 7.14. The summed E-state index contributed by atoms with van der Waals surface area (Å²) in [5.74, 6) is 1.83. The van der Waals surface area contributed by atoms with E-state index in [1.54, 1.807) is 7.11 Å². The minimum atomic E-state index is -0.369. The fourth-order valence-electron chi connectivity index (χ4n) is 4.01. The van der Waals surface area contributed by atoms with Crippen molar-refractivity contribution in [2.75, 3.05) is 17.5 Å². The number of ether oxygens (including phenoxy) is 2. The molecule has 1 aliphatic heterocycles. The second-order valence-corrected chi connectivity index (χ2v) is 9.52. The van der Waals surface area contributed by atoms with E-state index in [0.717, 1.165) is 28.3 Å². The minimum absolute atomic E-state index is 0.192. The first kappa shape index (κ1) is 25.0. The minimum Gasteiger partial charge on any atom is -0.497 e. The standard InChI is InChI=1S/C31H23N5O3S/c1-38-24-16-12-21(13-17-24)27-20-40-31(32-27)36-30(37)29(28(35-36)22-8-4-2-5-9-22)34-33-23-14-18-26(19-15-23)39-25-10-6-3-7-11-25/h2-20,33H,1H3/b34-29-. The van der Waals surface area contributed by atoms with E-state index >= 15 is 0 Å². The van der Waals surface area contributed by atoms with E-state index in [-0.39, 0.29) is 11.6 Å². The zero-order valence-corrected chi connectivity index (χ0v) is 22.2. The van der Waals surface area contributed by atoms with Gasteiger partial charge in [-0.05, 0) is 60.7 Å². The highest BCUT2D eigenvalue weighted by atomic mass is 32.1. The van der Waals surface area contributed by atoms with Gasteiger partial charge in [0.05, 0.1) is 18.5 Å². The van der Waals surface area contributed by atoms with Crippen LogP contribution in [0.4, 0.5) is 10.8 Å². The summed E-state index contributed by atoms with van der Waals surface area (Å²) in [6.45, 7) is 0. The van der Waals surface area contributed by atoms with Crippen LogP contribution in [0.25, 0.3) is 11.3 Å². The zero-order valence-electron chi connectivity index (χ0n) is 21.4. The number of methoxy groups -OCH3 is 1. The van der Waals surface area contributed by atoms with Gasteiger partial charge in [0.15, 0.2) is 5.71 Å². The first-order valence-electron chi connectivity index (χ1n) is 12.4. The molecule has 1 N–H and O–H groups in total. The lowest BCUT2D eigenvalue weighted by molar-refractivity contribution is -0.112. The van der Waals surface area contributed by atoms with Gasteiger partial charge in [0.25, 0.3) is 0 Å². The number of thiazole rings is 1. The van der Waals surface area contributed by atoms with E-state index < -0.39 is 0 Å². The topological polar surface area (TPSA) is 88.4 Å². The summed E-state index contributed by atoms with van der Waals surface area (Å²) in [6.07, 6.45) is 0. The molecule has 0 spiro atoms. The number of para-hydroxylation sites is 1. The Morgan fingerprint density at radius 2 is 1.43 bits per heavy atom. The van der Waals surface area contributed by atoms with Crippen molar-refractivity contribution < 1.29 is 14.3 Å². The average molecular weight is 546 g/mol. The Hall–Kier alpha value is -5.28. The summed E-state index contributed by atoms with van der Waals surface area (Å²) in [5, 5.41) is 12.8. The quantitative estimate of drug-likeness (QED) is 0.216. The van der Waals surface area contributed by atoms with Gasteiger partial charge in [-0.1, -0.05) is 48.5 Å². The summed E-state index contributed by atoms with van der Waals surface area (Å²) in [4.78, 5) is 18.2. The van der Waals surface area contributed by atoms with E-state index in [9.17, 15) is 4.79 Å². The normalized spacial score (nSPS) is 13.8. The van der Waals surface area contributed by atoms with Crippen LogP contribution >= 0.6 is 11.3 Å². The number of amides is 1. The third kappa shape index (κ3) is 5.31. The number of carbonyl (C=O) groups excluding carboxylic acids is 1. The van der Waals surface area contributed by atoms with Gasteiger partial charge < -0.3 is 9.47 Å². The largest absolute Gasteiger partial charge is 0.497 e. The van der Waals surface area contributed by atoms with Crippen LogP contribution in [0.1, 0.15) is 5.56 Å². The molecule has 1 aromatic heterocycles. The van der Waals surface area contributed by atoms with Crippen molar-refractivity contribution in [2.24, 2.45) is 10.2 Å². The number of nitrogens with zero attached hydrogens (tertiary/aromatic N) is 4. The van der Waals surface area contributed by atoms with E-state index in [0.29, 0.717) is 22.3 Å². The molecule has 1 amide bonds. The molecule has 0 unspecified atom stereocenters. The molecular formula is C31H23N5O3S. The molecule has 196 valence electrons. The maximum atomic E-state index is 13.6. The lowest BCUT2D eigenvalue weighted by Gasteiger charge is -2.08. The fraction of sp³-hybridized carbons (Fsp3) is 0.0323. The van der Waals surface area contributed by atoms with Gasteiger partial charge in [0.1, 0.15) is 23.0 Å². The molecule has 0 atom stereocenters. The van der Waals surface area contributed by atoms with Gasteiger partial charge in [0.2, 0.25) is 5.13 Å². The van der Waals surface area contributed by atoms with Gasteiger partial charge in [-0.2, -0.15) is 15.2 Å². The zero-order chi connectivity index (χ0) is 27.3. The molecule has 8 nitrogen and oxygen atoms in total. The fourth-order valence-corrected chi connectivity index (χ4v) is 4.79. The highest BCUT2D eigenvalue weighted by Crippen LogP contribution is 2.31. The number of benzene rings is 4. The van der Waals surface area contributed by atoms with Crippen molar-refractivity contribution in [1.29, 1.82) is 0 Å². The molecule has 0 aliphatic carbocycles. The number of hydrogen-bond donors (Lipinski definition) is 1. The summed E-state index contributed by atoms with van der Waals surface area (Å²) in [5.41, 5.74) is 6.78. The van der Waals surface area contributed by atoms with E-state index in [4.69, 9.17) is 9.47 Å². The van der Waals surface area contributed by atoms with Crippen LogP contribution in [0.3, 0.4) is 0 Å². The molecule has 0 saturated heterocycles. The van der Waals surface area contributed by atoms with Crippen molar-refractivity contribution in [3.8, 4) is 28.5 Å². The molecule has 2 heterocycles. The highest BCUT2D eigenvalue weighted by Gasteiger charge is 2.35. The smallest absolute Gasteiger partial charge is 0.303 e. The Bertz CT molecular complexity index is 1680. The lowest BCUT2D eigenvalue weighted by atomic mass is 10.1. The molecule has 4 aromatic carbocycles. The maximum Gasteiger partial charge on any atom is 0.303 e. The molecule has 9 heteroatoms. The summed E-state index contributed by atoms with van der Waals surface area (Å²) >= 11 is 1.34. The predicted molar refractivity (Wildman–Crippen MR) is 159 cm³/mol. The first-order valence-corrected chi connectivity index (χ1v) is 13.3. The van der Waals surface area contributed by atoms with Crippen LogP contribution in [-0.2, 0) is 4.79 Å². The Morgan fingerprint density at radius 3 is 2.12 bits per heavy atom. The predicted octanol–water partition coefficient (Wildman–Crippen LogP) is 6.83. The molecule has 40 heavy (non-hydrogen) atoms. The van der Waals surface area contributed by atoms with Crippen LogP contribution in [-0.4, -0.2) is 29.4 Å². The van der Waals surface area contributed by atoms with Crippen LogP contribution in [0.5, 0.6) is 17.2 Å². The van der Waals surface area contributed by atoms with Crippen molar-refractivity contribution in [2.45, 2.75) is 0 Å². The first-order chi connectivity index (χ1) is 19.7. The van der Waals surface area contributed by atoms with Gasteiger partial charge in [-0.25, -0.2) is 4.98 Å². The van der Waals surface area contributed by atoms with Crippen LogP contribution in [0.15, 0.2) is 125 Å². The number of carbonyl (C=O) groups is 1. The molecule has 1 aliphatic rings. The third-order valence-corrected chi connectivity index (χ3v) is 6.87. The Labute approximate surface area is 234 Å². The molecule has 0 saturated carbocycles. The molecule has 5 aromatic rings. The monoisotopic (exact) mass is 545 g/mol. The Balaban J connectivity index is 1.25. The molecule has 0 radical (unpaired) electrons. The maximum absolute atomic E-state index is 13.6. The lowest BCUT2D eigenvalue weighted by Crippen LogP contribution is -2.28. The number of anilines is 2. The van der Waals surface area contributed by atoms with Crippen LogP contribution in [0, 0.1) is 0 Å². The average Bonchev–Trinajstić information content (AvgIpc) is 3.62. The van der Waals surface area contributed by atoms with Gasteiger partial charge >= 0.3 is 5.91 Å². The Morgan fingerprint density at radius 1 is 0.775 bits per heavy atom. The Kier molecular flexibility index (Phi) is 7.02. The summed E-state index contributed by atoms with van der Waals surface area (Å²) < 4.78 is 11.1. The molecule has 0 fully saturated rings. The number of nitrogens with one attached hydrogen (secondary N) is 1. The van der Waals surface area contributed by atoms with Crippen LogP contribution < -0.4 is 19.9 Å². The van der Waals surface area contributed by atoms with Crippen LogP contribution in [0.2, 0.25) is 0 Å². The van der Waals surface area contributed by atoms with Crippen molar-refractivity contribution in [1.82, 2.24) is 4.98 Å². The van der Waals surface area contributed by atoms with E-state index in [1.807, 2.05) is 115 Å². The second kappa shape index (κ2) is 11.2. The van der Waals surface area contributed by atoms with Crippen molar-refractivity contribution in [3.05, 3.63) is 120 Å². The number of hydrazone groups is 2. The van der Waals surface area contributed by atoms with Crippen molar-refractivity contribution >= 4 is 39.5 Å². The van der Waals surface area contributed by atoms with Gasteiger partial charge in [-0.15, -0.1) is 11.3 Å². The van der Waals surface area contributed by atoms with Gasteiger partial charge in [-0.3, -0.25) is 10.2 Å². The summed E-state index contributed by atoms with van der Waals surface area (Å²) in [6, 6.07) is 34.0. The van der Waals surface area contributed by atoms with Crippen molar-refractivity contribution in [3.63, 3.8) is 0 Å². The molecule has 0 bridgehead atoms. The summed E-state index contributed by atoms with van der Waals surface area (Å²) in [7, 11) is 1.63. The van der Waals surface area contributed by atoms with E-state index in [1.165, 1.54) is 16.3 Å².